The van der Waals surface area contributed by atoms with E-state index in [-0.39, 0.29) is 6.10 Å². The van der Waals surface area contributed by atoms with Gasteiger partial charge in [0.2, 0.25) is 0 Å². The Morgan fingerprint density at radius 2 is 2.32 bits per heavy atom. The van der Waals surface area contributed by atoms with Crippen LogP contribution in [-0.2, 0) is 24.8 Å². The van der Waals surface area contributed by atoms with E-state index in [1.807, 2.05) is 19.3 Å². The fourth-order valence-corrected chi connectivity index (χ4v) is 3.08. The first-order valence-electron chi connectivity index (χ1n) is 7.63. The number of rotatable bonds is 4. The van der Waals surface area contributed by atoms with Crippen LogP contribution >= 0.6 is 11.6 Å². The average Bonchev–Trinajstić information content (AvgIpc) is 2.84. The maximum Gasteiger partial charge on any atom is 0.131 e. The number of hydrogen-bond acceptors (Lipinski definition) is 4. The van der Waals surface area contributed by atoms with Crippen molar-refractivity contribution in [1.29, 1.82) is 0 Å². The third-order valence-corrected chi connectivity index (χ3v) is 4.55. The summed E-state index contributed by atoms with van der Waals surface area (Å²) >= 11 is 6.40. The summed E-state index contributed by atoms with van der Waals surface area (Å²) in [5.41, 5.74) is 3.34. The molecule has 0 aromatic carbocycles. The lowest BCUT2D eigenvalue weighted by molar-refractivity contribution is -0.0331. The van der Waals surface area contributed by atoms with Crippen molar-refractivity contribution in [2.75, 3.05) is 19.7 Å². The molecular weight excluding hydrogens is 300 g/mol. The van der Waals surface area contributed by atoms with E-state index in [4.69, 9.17) is 16.3 Å². The highest BCUT2D eigenvalue weighted by Gasteiger charge is 2.24. The molecule has 0 unspecified atom stereocenters. The van der Waals surface area contributed by atoms with E-state index in [1.54, 1.807) is 10.9 Å². The number of aryl methyl sites for hydroxylation is 2. The highest BCUT2D eigenvalue weighted by Crippen LogP contribution is 2.26. The second-order valence-electron chi connectivity index (χ2n) is 5.57. The molecule has 1 aliphatic heterocycles. The summed E-state index contributed by atoms with van der Waals surface area (Å²) in [7, 11) is 1.89. The molecule has 6 heteroatoms. The van der Waals surface area contributed by atoms with Gasteiger partial charge in [-0.2, -0.15) is 5.10 Å². The molecule has 0 bridgehead atoms. The molecule has 3 heterocycles. The molecule has 0 N–H and O–H groups in total. The largest absolute Gasteiger partial charge is 0.371 e. The van der Waals surface area contributed by atoms with Gasteiger partial charge < -0.3 is 4.74 Å². The van der Waals surface area contributed by atoms with Gasteiger partial charge in [-0.3, -0.25) is 14.6 Å². The average molecular weight is 321 g/mol. The van der Waals surface area contributed by atoms with Crippen LogP contribution in [0.3, 0.4) is 0 Å². The van der Waals surface area contributed by atoms with Gasteiger partial charge >= 0.3 is 0 Å². The van der Waals surface area contributed by atoms with Gasteiger partial charge in [0.25, 0.3) is 0 Å². The molecule has 1 aliphatic rings. The van der Waals surface area contributed by atoms with Gasteiger partial charge in [-0.15, -0.1) is 0 Å². The normalized spacial score (nSPS) is 19.5. The van der Waals surface area contributed by atoms with E-state index in [2.05, 4.69) is 28.0 Å². The molecule has 1 fully saturated rings. The van der Waals surface area contributed by atoms with Crippen molar-refractivity contribution in [2.24, 2.45) is 7.05 Å². The summed E-state index contributed by atoms with van der Waals surface area (Å²) in [5, 5.41) is 5.23. The van der Waals surface area contributed by atoms with E-state index in [9.17, 15) is 0 Å². The minimum atomic E-state index is 0.0722. The molecule has 1 atom stereocenters. The zero-order valence-electron chi connectivity index (χ0n) is 13.0. The molecule has 0 amide bonds. The van der Waals surface area contributed by atoms with Crippen molar-refractivity contribution < 1.29 is 4.74 Å². The number of pyridine rings is 1. The maximum atomic E-state index is 6.40. The molecular formula is C16H21ClN4O. The van der Waals surface area contributed by atoms with Crippen LogP contribution in [0.5, 0.6) is 0 Å². The third kappa shape index (κ3) is 3.16. The van der Waals surface area contributed by atoms with E-state index in [0.29, 0.717) is 0 Å². The molecule has 0 spiro atoms. The summed E-state index contributed by atoms with van der Waals surface area (Å²) in [6.45, 7) is 5.40. The van der Waals surface area contributed by atoms with Gasteiger partial charge in [0, 0.05) is 50.2 Å². The number of halogens is 1. The lowest BCUT2D eigenvalue weighted by atomic mass is 10.1. The Hall–Kier alpha value is -1.43. The first-order chi connectivity index (χ1) is 10.7. The smallest absolute Gasteiger partial charge is 0.131 e. The summed E-state index contributed by atoms with van der Waals surface area (Å²) in [6.07, 6.45) is 4.63. The standard InChI is InChI=1S/C16H21ClN4O/c1-3-14-13(16(17)20(2)19-14)10-21-7-8-22-15(11-21)12-5-4-6-18-9-12/h4-6,9,15H,3,7-8,10-11H2,1-2H3/t15-/m0/s1. The second-order valence-corrected chi connectivity index (χ2v) is 5.93. The Labute approximate surface area is 135 Å². The predicted octanol–water partition coefficient (Wildman–Crippen LogP) is 2.60. The quantitative estimate of drug-likeness (QED) is 0.868. The molecule has 22 heavy (non-hydrogen) atoms. The minimum Gasteiger partial charge on any atom is -0.371 e. The molecule has 0 radical (unpaired) electrons. The van der Waals surface area contributed by atoms with Crippen molar-refractivity contribution in [3.05, 3.63) is 46.5 Å². The van der Waals surface area contributed by atoms with E-state index < -0.39 is 0 Å². The molecule has 2 aromatic heterocycles. The first-order valence-corrected chi connectivity index (χ1v) is 8.01. The molecule has 1 saturated heterocycles. The van der Waals surface area contributed by atoms with Gasteiger partial charge in [0.1, 0.15) is 5.15 Å². The SMILES string of the molecule is CCc1nn(C)c(Cl)c1CN1CCO[C@H](c2cccnc2)C1. The third-order valence-electron chi connectivity index (χ3n) is 4.08. The number of hydrogen-bond donors (Lipinski definition) is 0. The zero-order chi connectivity index (χ0) is 15.5. The lowest BCUT2D eigenvalue weighted by Crippen LogP contribution is -2.38. The number of ether oxygens (including phenoxy) is 1. The van der Waals surface area contributed by atoms with Crippen LogP contribution in [-0.4, -0.2) is 39.4 Å². The van der Waals surface area contributed by atoms with Gasteiger partial charge in [-0.1, -0.05) is 24.6 Å². The van der Waals surface area contributed by atoms with Crippen LogP contribution < -0.4 is 0 Å². The minimum absolute atomic E-state index is 0.0722. The Morgan fingerprint density at radius 3 is 3.05 bits per heavy atom. The summed E-state index contributed by atoms with van der Waals surface area (Å²) < 4.78 is 7.65. The molecule has 0 aliphatic carbocycles. The number of morpholine rings is 1. The topological polar surface area (TPSA) is 43.2 Å². The van der Waals surface area contributed by atoms with E-state index in [1.165, 1.54) is 0 Å². The highest BCUT2D eigenvalue weighted by atomic mass is 35.5. The van der Waals surface area contributed by atoms with Crippen molar-refractivity contribution in [3.8, 4) is 0 Å². The second kappa shape index (κ2) is 6.77. The van der Waals surface area contributed by atoms with E-state index >= 15 is 0 Å². The summed E-state index contributed by atoms with van der Waals surface area (Å²) in [4.78, 5) is 6.56. The van der Waals surface area contributed by atoms with E-state index in [0.717, 1.165) is 54.6 Å². The predicted molar refractivity (Wildman–Crippen MR) is 85.8 cm³/mol. The fourth-order valence-electron chi connectivity index (χ4n) is 2.88. The summed E-state index contributed by atoms with van der Waals surface area (Å²) in [6, 6.07) is 4.01. The van der Waals surface area contributed by atoms with Crippen LogP contribution in [0.15, 0.2) is 24.5 Å². The van der Waals surface area contributed by atoms with Crippen molar-refractivity contribution in [2.45, 2.75) is 26.0 Å². The Balaban J connectivity index is 1.73. The van der Waals surface area contributed by atoms with Crippen LogP contribution in [0.25, 0.3) is 0 Å². The number of aromatic nitrogens is 3. The van der Waals surface area contributed by atoms with Gasteiger partial charge in [0.05, 0.1) is 18.4 Å². The Bertz CT molecular complexity index is 629. The summed E-state index contributed by atoms with van der Waals surface area (Å²) in [5.74, 6) is 0. The van der Waals surface area contributed by atoms with Crippen LogP contribution in [0.2, 0.25) is 5.15 Å². The Morgan fingerprint density at radius 1 is 1.45 bits per heavy atom. The zero-order valence-corrected chi connectivity index (χ0v) is 13.8. The van der Waals surface area contributed by atoms with Crippen LogP contribution in [0, 0.1) is 0 Å². The molecule has 2 aromatic rings. The van der Waals surface area contributed by atoms with Crippen LogP contribution in [0.1, 0.15) is 29.8 Å². The lowest BCUT2D eigenvalue weighted by Gasteiger charge is -2.33. The van der Waals surface area contributed by atoms with Gasteiger partial charge in [0.15, 0.2) is 0 Å². The monoisotopic (exact) mass is 320 g/mol. The first kappa shape index (κ1) is 15.5. The maximum absolute atomic E-state index is 6.40. The molecule has 0 saturated carbocycles. The van der Waals surface area contributed by atoms with Crippen molar-refractivity contribution in [1.82, 2.24) is 19.7 Å². The molecule has 5 nitrogen and oxygen atoms in total. The van der Waals surface area contributed by atoms with Crippen LogP contribution in [0.4, 0.5) is 0 Å². The van der Waals surface area contributed by atoms with Crippen molar-refractivity contribution in [3.63, 3.8) is 0 Å². The van der Waals surface area contributed by atoms with Gasteiger partial charge in [-0.05, 0) is 12.5 Å². The molecule has 3 rings (SSSR count). The fraction of sp³-hybridized carbons (Fsp3) is 0.500. The highest BCUT2D eigenvalue weighted by molar-refractivity contribution is 6.30. The van der Waals surface area contributed by atoms with Gasteiger partial charge in [-0.25, -0.2) is 0 Å². The Kier molecular flexibility index (Phi) is 4.76. The van der Waals surface area contributed by atoms with Crippen molar-refractivity contribution >= 4 is 11.6 Å². The number of nitrogens with zero attached hydrogens (tertiary/aromatic N) is 4. The molecule has 118 valence electrons.